The monoisotopic (exact) mass is 226 g/mol. The second-order valence-electron chi connectivity index (χ2n) is 3.98. The van der Waals surface area contributed by atoms with Crippen LogP contribution in [0.2, 0.25) is 0 Å². The van der Waals surface area contributed by atoms with Gasteiger partial charge in [0.2, 0.25) is 5.91 Å². The summed E-state index contributed by atoms with van der Waals surface area (Å²) in [5.41, 5.74) is 0.697. The lowest BCUT2D eigenvalue weighted by Gasteiger charge is -2.20. The first kappa shape index (κ1) is 12.6. The van der Waals surface area contributed by atoms with Gasteiger partial charge < -0.3 is 10.0 Å². The van der Waals surface area contributed by atoms with Crippen LogP contribution < -0.4 is 0 Å². The van der Waals surface area contributed by atoms with Crippen LogP contribution in [-0.4, -0.2) is 50.6 Å². The molecule has 0 saturated carbocycles. The van der Waals surface area contributed by atoms with Gasteiger partial charge in [0.25, 0.3) is 0 Å². The quantitative estimate of drug-likeness (QED) is 0.747. The van der Waals surface area contributed by atoms with Gasteiger partial charge in [-0.3, -0.25) is 4.79 Å². The Bertz CT molecular complexity index is 348. The van der Waals surface area contributed by atoms with Crippen LogP contribution in [0.25, 0.3) is 0 Å². The second-order valence-corrected chi connectivity index (χ2v) is 3.98. The molecule has 90 valence electrons. The van der Waals surface area contributed by atoms with Crippen molar-refractivity contribution in [1.82, 2.24) is 19.9 Å². The predicted molar refractivity (Wildman–Crippen MR) is 58.7 cm³/mol. The Morgan fingerprint density at radius 3 is 2.88 bits per heavy atom. The van der Waals surface area contributed by atoms with Gasteiger partial charge in [-0.1, -0.05) is 5.21 Å². The molecule has 0 unspecified atom stereocenters. The van der Waals surface area contributed by atoms with E-state index in [1.165, 1.54) is 4.68 Å². The average molecular weight is 226 g/mol. The number of amides is 1. The van der Waals surface area contributed by atoms with Crippen LogP contribution >= 0.6 is 0 Å². The summed E-state index contributed by atoms with van der Waals surface area (Å²) in [7, 11) is 1.76. The van der Waals surface area contributed by atoms with E-state index in [9.17, 15) is 4.79 Å². The highest BCUT2D eigenvalue weighted by Gasteiger charge is 2.13. The first-order valence-electron chi connectivity index (χ1n) is 5.30. The maximum Gasteiger partial charge on any atom is 0.244 e. The Morgan fingerprint density at radius 2 is 2.31 bits per heavy atom. The zero-order valence-corrected chi connectivity index (χ0v) is 9.92. The fourth-order valence-corrected chi connectivity index (χ4v) is 1.18. The molecule has 1 aromatic rings. The molecule has 0 bridgehead atoms. The van der Waals surface area contributed by atoms with E-state index in [2.05, 4.69) is 10.3 Å². The van der Waals surface area contributed by atoms with Crippen molar-refractivity contribution in [1.29, 1.82) is 0 Å². The van der Waals surface area contributed by atoms with Crippen LogP contribution in [-0.2, 0) is 17.8 Å². The summed E-state index contributed by atoms with van der Waals surface area (Å²) in [6.45, 7) is 4.14. The molecule has 0 saturated heterocycles. The van der Waals surface area contributed by atoms with Crippen LogP contribution in [0.3, 0.4) is 0 Å². The Hall–Kier alpha value is -1.43. The topological polar surface area (TPSA) is 71.2 Å². The average Bonchev–Trinajstić information content (AvgIpc) is 2.65. The Labute approximate surface area is 94.9 Å². The molecule has 0 aliphatic carbocycles. The number of likely N-dealkylation sites (N-methyl/N-ethyl adjacent to an activating group) is 1. The molecule has 6 heteroatoms. The second kappa shape index (κ2) is 5.60. The van der Waals surface area contributed by atoms with Crippen LogP contribution in [0.4, 0.5) is 0 Å². The summed E-state index contributed by atoms with van der Waals surface area (Å²) in [4.78, 5) is 13.4. The minimum atomic E-state index is -0.00421. The summed E-state index contributed by atoms with van der Waals surface area (Å²) >= 11 is 0. The molecule has 1 amide bonds. The smallest absolute Gasteiger partial charge is 0.244 e. The maximum absolute atomic E-state index is 11.7. The van der Waals surface area contributed by atoms with Crippen LogP contribution in [0, 0.1) is 0 Å². The highest BCUT2D eigenvalue weighted by Crippen LogP contribution is 1.98. The molecule has 16 heavy (non-hydrogen) atoms. The van der Waals surface area contributed by atoms with Gasteiger partial charge >= 0.3 is 0 Å². The molecular formula is C10H18N4O2. The van der Waals surface area contributed by atoms with Gasteiger partial charge in [-0.05, 0) is 13.8 Å². The van der Waals surface area contributed by atoms with Gasteiger partial charge in [0, 0.05) is 32.3 Å². The molecule has 1 aromatic heterocycles. The third kappa shape index (κ3) is 3.30. The van der Waals surface area contributed by atoms with Crippen molar-refractivity contribution in [2.45, 2.75) is 32.9 Å². The zero-order chi connectivity index (χ0) is 12.1. The minimum Gasteiger partial charge on any atom is -0.396 e. The lowest BCUT2D eigenvalue weighted by Crippen LogP contribution is -2.35. The molecule has 0 fully saturated rings. The van der Waals surface area contributed by atoms with Gasteiger partial charge in [0.15, 0.2) is 0 Å². The van der Waals surface area contributed by atoms with Gasteiger partial charge in [-0.2, -0.15) is 0 Å². The fraction of sp³-hybridized carbons (Fsp3) is 0.700. The third-order valence-corrected chi connectivity index (χ3v) is 2.42. The summed E-state index contributed by atoms with van der Waals surface area (Å²) in [6.07, 6.45) is 2.15. The third-order valence-electron chi connectivity index (χ3n) is 2.42. The lowest BCUT2D eigenvalue weighted by molar-refractivity contribution is -0.132. The number of hydrogen-bond acceptors (Lipinski definition) is 4. The lowest BCUT2D eigenvalue weighted by atomic mass is 10.3. The van der Waals surface area contributed by atoms with Crippen LogP contribution in [0.15, 0.2) is 6.20 Å². The number of aliphatic hydroxyl groups excluding tert-OH is 1. The molecule has 0 spiro atoms. The Morgan fingerprint density at radius 1 is 1.62 bits per heavy atom. The van der Waals surface area contributed by atoms with E-state index in [4.69, 9.17) is 5.11 Å². The van der Waals surface area contributed by atoms with Crippen molar-refractivity contribution < 1.29 is 9.90 Å². The van der Waals surface area contributed by atoms with Crippen molar-refractivity contribution >= 4 is 5.91 Å². The summed E-state index contributed by atoms with van der Waals surface area (Å²) in [5.74, 6) is -0.00421. The molecule has 0 aliphatic heterocycles. The largest absolute Gasteiger partial charge is 0.396 e. The summed E-state index contributed by atoms with van der Waals surface area (Å²) < 4.78 is 1.49. The SMILES string of the molecule is CC(C)N(C)C(=O)Cn1cc(CCO)nn1. The standard InChI is InChI=1S/C10H18N4O2/c1-8(2)13(3)10(16)7-14-6-9(4-5-15)11-12-14/h6,8,15H,4-5,7H2,1-3H3. The molecule has 0 aliphatic rings. The first-order chi connectivity index (χ1) is 7.54. The van der Waals surface area contributed by atoms with Crippen molar-refractivity contribution in [3.8, 4) is 0 Å². The summed E-state index contributed by atoms with van der Waals surface area (Å²) in [6, 6.07) is 0.174. The highest BCUT2D eigenvalue weighted by atomic mass is 16.3. The van der Waals surface area contributed by atoms with Crippen molar-refractivity contribution in [2.75, 3.05) is 13.7 Å². The summed E-state index contributed by atoms with van der Waals surface area (Å²) in [5, 5.41) is 16.4. The molecule has 6 nitrogen and oxygen atoms in total. The Balaban J connectivity index is 2.56. The number of aromatic nitrogens is 3. The number of hydrogen-bond donors (Lipinski definition) is 1. The van der Waals surface area contributed by atoms with E-state index in [1.807, 2.05) is 13.8 Å². The van der Waals surface area contributed by atoms with E-state index < -0.39 is 0 Å². The number of aliphatic hydroxyl groups is 1. The van der Waals surface area contributed by atoms with E-state index in [0.29, 0.717) is 12.1 Å². The van der Waals surface area contributed by atoms with Gasteiger partial charge in [0.1, 0.15) is 6.54 Å². The first-order valence-corrected chi connectivity index (χ1v) is 5.30. The van der Waals surface area contributed by atoms with Gasteiger partial charge in [0.05, 0.1) is 5.69 Å². The molecule has 1 heterocycles. The van der Waals surface area contributed by atoms with Gasteiger partial charge in [-0.25, -0.2) is 4.68 Å². The van der Waals surface area contributed by atoms with Crippen LogP contribution in [0.1, 0.15) is 19.5 Å². The van der Waals surface area contributed by atoms with Crippen molar-refractivity contribution in [2.24, 2.45) is 0 Å². The molecule has 1 rings (SSSR count). The number of carbonyl (C=O) groups excluding carboxylic acids is 1. The fourth-order valence-electron chi connectivity index (χ4n) is 1.18. The predicted octanol–water partition coefficient (Wildman–Crippen LogP) is -0.320. The molecule has 0 radical (unpaired) electrons. The molecular weight excluding hydrogens is 208 g/mol. The minimum absolute atomic E-state index is 0.00421. The molecule has 1 N–H and O–H groups in total. The maximum atomic E-state index is 11.7. The zero-order valence-electron chi connectivity index (χ0n) is 9.92. The number of carbonyl (C=O) groups is 1. The Kier molecular flexibility index (Phi) is 4.42. The number of nitrogens with zero attached hydrogens (tertiary/aromatic N) is 4. The van der Waals surface area contributed by atoms with E-state index >= 15 is 0 Å². The molecule has 0 aromatic carbocycles. The highest BCUT2D eigenvalue weighted by molar-refractivity contribution is 5.75. The van der Waals surface area contributed by atoms with E-state index in [0.717, 1.165) is 0 Å². The number of rotatable bonds is 5. The van der Waals surface area contributed by atoms with Crippen molar-refractivity contribution in [3.05, 3.63) is 11.9 Å². The van der Waals surface area contributed by atoms with Crippen LogP contribution in [0.5, 0.6) is 0 Å². The normalized spacial score (nSPS) is 10.8. The molecule has 0 atom stereocenters. The van der Waals surface area contributed by atoms with E-state index in [1.54, 1.807) is 18.1 Å². The van der Waals surface area contributed by atoms with Crippen molar-refractivity contribution in [3.63, 3.8) is 0 Å². The van der Waals surface area contributed by atoms with E-state index in [-0.39, 0.29) is 25.1 Å². The van der Waals surface area contributed by atoms with Gasteiger partial charge in [-0.15, -0.1) is 5.10 Å².